The van der Waals surface area contributed by atoms with Gasteiger partial charge in [-0.2, -0.15) is 0 Å². The first kappa shape index (κ1) is 20.9. The molecule has 2 N–H and O–H groups in total. The minimum Gasteiger partial charge on any atom is -0.481 e. The van der Waals surface area contributed by atoms with E-state index in [0.717, 1.165) is 55.5 Å². The Morgan fingerprint density at radius 1 is 1.17 bits per heavy atom. The second kappa shape index (κ2) is 10.7. The summed E-state index contributed by atoms with van der Waals surface area (Å²) in [6.45, 7) is 2.74. The van der Waals surface area contributed by atoms with Gasteiger partial charge in [0.2, 0.25) is 5.91 Å². The van der Waals surface area contributed by atoms with E-state index in [1.54, 1.807) is 0 Å². The summed E-state index contributed by atoms with van der Waals surface area (Å²) in [6.07, 6.45) is 3.59. The standard InChI is InChI=1S/C17H23BrN2O3.ClH/c18-14-4-6-15(7-5-14)19-17(23)13-8-11-20(12-9-13)10-2-1-3-16(21)22;/h4-7,13H,1-3,8-12H2,(H,19,23)(H,21,22);1H. The monoisotopic (exact) mass is 418 g/mol. The Labute approximate surface area is 157 Å². The third-order valence-corrected chi connectivity index (χ3v) is 4.71. The number of benzene rings is 1. The van der Waals surface area contributed by atoms with Crippen LogP contribution in [0, 0.1) is 5.92 Å². The van der Waals surface area contributed by atoms with Crippen molar-refractivity contribution in [2.75, 3.05) is 25.0 Å². The Kier molecular flexibility index (Phi) is 9.33. The fraction of sp³-hybridized carbons (Fsp3) is 0.529. The minimum absolute atomic E-state index is 0. The van der Waals surface area contributed by atoms with Crippen LogP contribution >= 0.6 is 28.3 Å². The molecule has 0 unspecified atom stereocenters. The number of rotatable bonds is 7. The Bertz CT molecular complexity index is 531. The van der Waals surface area contributed by atoms with Crippen molar-refractivity contribution in [2.24, 2.45) is 5.92 Å². The number of carboxylic acid groups (broad SMARTS) is 1. The molecular weight excluding hydrogens is 396 g/mol. The van der Waals surface area contributed by atoms with E-state index >= 15 is 0 Å². The predicted octanol–water partition coefficient (Wildman–Crippen LogP) is 3.78. The van der Waals surface area contributed by atoms with Crippen LogP contribution in [0.3, 0.4) is 0 Å². The van der Waals surface area contributed by atoms with E-state index in [1.165, 1.54) is 0 Å². The molecule has 24 heavy (non-hydrogen) atoms. The highest BCUT2D eigenvalue weighted by molar-refractivity contribution is 9.10. The van der Waals surface area contributed by atoms with E-state index in [9.17, 15) is 9.59 Å². The van der Waals surface area contributed by atoms with Crippen LogP contribution in [0.2, 0.25) is 0 Å². The van der Waals surface area contributed by atoms with Crippen LogP contribution in [-0.4, -0.2) is 41.5 Å². The van der Waals surface area contributed by atoms with Gasteiger partial charge in [0.15, 0.2) is 0 Å². The predicted molar refractivity (Wildman–Crippen MR) is 101 cm³/mol. The summed E-state index contributed by atoms with van der Waals surface area (Å²) in [5.41, 5.74) is 0.828. The van der Waals surface area contributed by atoms with Crippen molar-refractivity contribution >= 4 is 45.9 Å². The molecule has 7 heteroatoms. The maximum atomic E-state index is 12.3. The number of hydrogen-bond donors (Lipinski definition) is 2. The second-order valence-corrected chi connectivity index (χ2v) is 6.88. The van der Waals surface area contributed by atoms with E-state index < -0.39 is 5.97 Å². The minimum atomic E-state index is -0.728. The van der Waals surface area contributed by atoms with E-state index in [1.807, 2.05) is 24.3 Å². The number of carbonyl (C=O) groups is 2. The lowest BCUT2D eigenvalue weighted by molar-refractivity contribution is -0.137. The van der Waals surface area contributed by atoms with Crippen LogP contribution in [0.25, 0.3) is 0 Å². The lowest BCUT2D eigenvalue weighted by Crippen LogP contribution is -2.38. The Morgan fingerprint density at radius 3 is 2.38 bits per heavy atom. The fourth-order valence-electron chi connectivity index (χ4n) is 2.81. The first-order valence-electron chi connectivity index (χ1n) is 8.05. The van der Waals surface area contributed by atoms with Gasteiger partial charge in [-0.25, -0.2) is 0 Å². The Hall–Kier alpha value is -1.11. The highest BCUT2D eigenvalue weighted by Gasteiger charge is 2.24. The van der Waals surface area contributed by atoms with Crippen LogP contribution in [0.4, 0.5) is 5.69 Å². The van der Waals surface area contributed by atoms with E-state index in [0.29, 0.717) is 0 Å². The molecule has 0 spiro atoms. The van der Waals surface area contributed by atoms with Gasteiger partial charge in [0.25, 0.3) is 0 Å². The van der Waals surface area contributed by atoms with Crippen molar-refractivity contribution in [1.82, 2.24) is 4.90 Å². The van der Waals surface area contributed by atoms with E-state index in [2.05, 4.69) is 26.1 Å². The molecule has 1 saturated heterocycles. The molecule has 2 rings (SSSR count). The molecule has 1 heterocycles. The number of hydrogen-bond acceptors (Lipinski definition) is 3. The first-order chi connectivity index (χ1) is 11.0. The van der Waals surface area contributed by atoms with Gasteiger partial charge in [-0.1, -0.05) is 15.9 Å². The highest BCUT2D eigenvalue weighted by atomic mass is 79.9. The number of nitrogens with one attached hydrogen (secondary N) is 1. The molecule has 1 aromatic carbocycles. The zero-order valence-corrected chi connectivity index (χ0v) is 15.9. The zero-order chi connectivity index (χ0) is 16.7. The molecular formula is C17H24BrClN2O3. The lowest BCUT2D eigenvalue weighted by Gasteiger charge is -2.31. The largest absolute Gasteiger partial charge is 0.481 e. The van der Waals surface area contributed by atoms with Crippen molar-refractivity contribution < 1.29 is 14.7 Å². The van der Waals surface area contributed by atoms with Gasteiger partial charge in [0, 0.05) is 22.5 Å². The smallest absolute Gasteiger partial charge is 0.303 e. The van der Waals surface area contributed by atoms with Crippen LogP contribution in [0.5, 0.6) is 0 Å². The molecule has 0 atom stereocenters. The van der Waals surface area contributed by atoms with Crippen molar-refractivity contribution in [2.45, 2.75) is 32.1 Å². The molecule has 0 saturated carbocycles. The number of aliphatic carboxylic acids is 1. The molecule has 134 valence electrons. The normalized spacial score (nSPS) is 15.5. The fourth-order valence-corrected chi connectivity index (χ4v) is 3.07. The van der Waals surface area contributed by atoms with Gasteiger partial charge in [-0.15, -0.1) is 12.4 Å². The summed E-state index contributed by atoms with van der Waals surface area (Å²) in [4.78, 5) is 25.1. The Morgan fingerprint density at radius 2 is 1.79 bits per heavy atom. The van der Waals surface area contributed by atoms with Gasteiger partial charge in [-0.3, -0.25) is 9.59 Å². The average molecular weight is 420 g/mol. The number of likely N-dealkylation sites (tertiary alicyclic amines) is 1. The summed E-state index contributed by atoms with van der Waals surface area (Å²) in [5.74, 6) is -0.569. The van der Waals surface area contributed by atoms with Gasteiger partial charge >= 0.3 is 5.97 Å². The van der Waals surface area contributed by atoms with Crippen molar-refractivity contribution in [3.8, 4) is 0 Å². The number of carboxylic acids is 1. The van der Waals surface area contributed by atoms with Crippen molar-refractivity contribution in [3.05, 3.63) is 28.7 Å². The van der Waals surface area contributed by atoms with Crippen LogP contribution in [-0.2, 0) is 9.59 Å². The maximum Gasteiger partial charge on any atom is 0.303 e. The molecule has 0 aliphatic carbocycles. The van der Waals surface area contributed by atoms with Crippen molar-refractivity contribution in [1.29, 1.82) is 0 Å². The summed E-state index contributed by atoms with van der Waals surface area (Å²) < 4.78 is 0.992. The summed E-state index contributed by atoms with van der Waals surface area (Å²) in [5, 5.41) is 11.6. The number of halogens is 2. The third kappa shape index (κ3) is 7.20. The number of amides is 1. The molecule has 0 bridgehead atoms. The van der Waals surface area contributed by atoms with Crippen LogP contribution in [0.1, 0.15) is 32.1 Å². The van der Waals surface area contributed by atoms with E-state index in [4.69, 9.17) is 5.11 Å². The van der Waals surface area contributed by atoms with Gasteiger partial charge in [-0.05, 0) is 69.6 Å². The topological polar surface area (TPSA) is 69.6 Å². The molecule has 1 aliphatic rings. The number of anilines is 1. The molecule has 0 radical (unpaired) electrons. The van der Waals surface area contributed by atoms with Crippen LogP contribution in [0.15, 0.2) is 28.7 Å². The SMILES string of the molecule is Cl.O=C(O)CCCCN1CCC(C(=O)Nc2ccc(Br)cc2)CC1. The summed E-state index contributed by atoms with van der Waals surface area (Å²) in [7, 11) is 0. The number of nitrogens with zero attached hydrogens (tertiary/aromatic N) is 1. The summed E-state index contributed by atoms with van der Waals surface area (Å²) >= 11 is 3.38. The molecule has 1 aromatic rings. The first-order valence-corrected chi connectivity index (χ1v) is 8.84. The number of unbranched alkanes of at least 4 members (excludes halogenated alkanes) is 1. The molecule has 0 aromatic heterocycles. The quantitative estimate of drug-likeness (QED) is 0.660. The van der Waals surface area contributed by atoms with Crippen LogP contribution < -0.4 is 5.32 Å². The van der Waals surface area contributed by atoms with Gasteiger partial charge < -0.3 is 15.3 Å². The maximum absolute atomic E-state index is 12.3. The van der Waals surface area contributed by atoms with E-state index in [-0.39, 0.29) is 30.7 Å². The zero-order valence-electron chi connectivity index (χ0n) is 13.5. The molecule has 1 aliphatic heterocycles. The Balaban J connectivity index is 0.00000288. The highest BCUT2D eigenvalue weighted by Crippen LogP contribution is 2.21. The number of piperidine rings is 1. The third-order valence-electron chi connectivity index (χ3n) is 4.19. The molecule has 1 amide bonds. The molecule has 1 fully saturated rings. The van der Waals surface area contributed by atoms with Crippen molar-refractivity contribution in [3.63, 3.8) is 0 Å². The lowest BCUT2D eigenvalue weighted by atomic mass is 9.95. The second-order valence-electron chi connectivity index (χ2n) is 5.96. The van der Waals surface area contributed by atoms with Gasteiger partial charge in [0.05, 0.1) is 0 Å². The average Bonchev–Trinajstić information content (AvgIpc) is 2.54. The van der Waals surface area contributed by atoms with Gasteiger partial charge in [0.1, 0.15) is 0 Å². The molecule has 5 nitrogen and oxygen atoms in total. The number of carbonyl (C=O) groups excluding carboxylic acids is 1. The summed E-state index contributed by atoms with van der Waals surface area (Å²) in [6, 6.07) is 7.60.